The molecule has 0 atom stereocenters. The first kappa shape index (κ1) is 11.3. The Labute approximate surface area is 76.0 Å². The van der Waals surface area contributed by atoms with Crippen LogP contribution in [-0.2, 0) is 6.42 Å². The highest BCUT2D eigenvalue weighted by Gasteiger charge is 1.89. The molecule has 0 saturated heterocycles. The SMILES string of the molecule is CCc1ccnc(N)n1.C[N+](=O)[O-]. The topological polar surface area (TPSA) is 94.9 Å². The zero-order valence-corrected chi connectivity index (χ0v) is 7.60. The lowest BCUT2D eigenvalue weighted by molar-refractivity contribution is -0.445. The Balaban J connectivity index is 0.000000310. The van der Waals surface area contributed by atoms with E-state index in [9.17, 15) is 0 Å². The molecule has 1 aromatic heterocycles. The van der Waals surface area contributed by atoms with Crippen molar-refractivity contribution in [3.63, 3.8) is 0 Å². The van der Waals surface area contributed by atoms with Gasteiger partial charge in [-0.2, -0.15) is 0 Å². The Morgan fingerprint density at radius 3 is 2.54 bits per heavy atom. The lowest BCUT2D eigenvalue weighted by Crippen LogP contribution is -1.96. The van der Waals surface area contributed by atoms with E-state index in [0.29, 0.717) is 5.95 Å². The van der Waals surface area contributed by atoms with E-state index < -0.39 is 4.92 Å². The first-order valence-electron chi connectivity index (χ1n) is 3.71. The largest absolute Gasteiger partial charge is 0.368 e. The van der Waals surface area contributed by atoms with Crippen LogP contribution in [0.25, 0.3) is 0 Å². The van der Waals surface area contributed by atoms with Crippen molar-refractivity contribution in [2.45, 2.75) is 13.3 Å². The summed E-state index contributed by atoms with van der Waals surface area (Å²) in [6.45, 7) is 2.03. The fourth-order valence-electron chi connectivity index (χ4n) is 0.610. The van der Waals surface area contributed by atoms with Crippen molar-refractivity contribution in [1.82, 2.24) is 9.97 Å². The number of hydrogen-bond donors (Lipinski definition) is 1. The van der Waals surface area contributed by atoms with Crippen molar-refractivity contribution < 1.29 is 4.92 Å². The number of aromatic nitrogens is 2. The average Bonchev–Trinajstić information content (AvgIpc) is 2.03. The summed E-state index contributed by atoms with van der Waals surface area (Å²) in [6, 6.07) is 1.86. The van der Waals surface area contributed by atoms with Gasteiger partial charge < -0.3 is 5.73 Å². The molecule has 13 heavy (non-hydrogen) atoms. The van der Waals surface area contributed by atoms with E-state index >= 15 is 0 Å². The molecule has 6 heteroatoms. The normalized spacial score (nSPS) is 8.46. The summed E-state index contributed by atoms with van der Waals surface area (Å²) in [5, 5.41) is 8.81. The molecule has 1 aromatic rings. The van der Waals surface area contributed by atoms with Gasteiger partial charge in [0.1, 0.15) is 0 Å². The van der Waals surface area contributed by atoms with Gasteiger partial charge in [-0.15, -0.1) is 0 Å². The number of nitro groups is 1. The molecule has 2 N–H and O–H groups in total. The minimum Gasteiger partial charge on any atom is -0.368 e. The molecule has 6 nitrogen and oxygen atoms in total. The Morgan fingerprint density at radius 1 is 1.69 bits per heavy atom. The van der Waals surface area contributed by atoms with Crippen LogP contribution >= 0.6 is 0 Å². The van der Waals surface area contributed by atoms with E-state index in [2.05, 4.69) is 9.97 Å². The molecule has 0 unspecified atom stereocenters. The van der Waals surface area contributed by atoms with Gasteiger partial charge in [0.05, 0.1) is 0 Å². The summed E-state index contributed by atoms with van der Waals surface area (Å²) in [7, 11) is 0.889. The highest BCUT2D eigenvalue weighted by Crippen LogP contribution is 1.95. The number of anilines is 1. The number of nitrogens with zero attached hydrogens (tertiary/aromatic N) is 3. The van der Waals surface area contributed by atoms with E-state index in [1.54, 1.807) is 6.20 Å². The monoisotopic (exact) mass is 184 g/mol. The van der Waals surface area contributed by atoms with Crippen LogP contribution in [0.3, 0.4) is 0 Å². The fourth-order valence-corrected chi connectivity index (χ4v) is 0.610. The highest BCUT2D eigenvalue weighted by atomic mass is 16.6. The van der Waals surface area contributed by atoms with E-state index in [1.165, 1.54) is 0 Å². The molecule has 0 aliphatic rings. The van der Waals surface area contributed by atoms with Crippen LogP contribution in [0.5, 0.6) is 0 Å². The van der Waals surface area contributed by atoms with Crippen molar-refractivity contribution in [2.75, 3.05) is 12.8 Å². The van der Waals surface area contributed by atoms with Crippen LogP contribution in [0.2, 0.25) is 0 Å². The summed E-state index contributed by atoms with van der Waals surface area (Å²) in [5.41, 5.74) is 6.30. The number of aryl methyl sites for hydroxylation is 1. The van der Waals surface area contributed by atoms with Crippen LogP contribution in [0.1, 0.15) is 12.6 Å². The molecule has 0 aromatic carbocycles. The molecule has 0 bridgehead atoms. The maximum atomic E-state index is 8.81. The summed E-state index contributed by atoms with van der Waals surface area (Å²) in [5.74, 6) is 0.356. The van der Waals surface area contributed by atoms with Crippen LogP contribution in [0.4, 0.5) is 5.95 Å². The minimum atomic E-state index is -0.500. The Bertz CT molecular complexity index is 273. The van der Waals surface area contributed by atoms with Gasteiger partial charge in [0.2, 0.25) is 5.95 Å². The summed E-state index contributed by atoms with van der Waals surface area (Å²) >= 11 is 0. The first-order valence-corrected chi connectivity index (χ1v) is 3.71. The van der Waals surface area contributed by atoms with Crippen molar-refractivity contribution in [2.24, 2.45) is 0 Å². The van der Waals surface area contributed by atoms with Crippen LogP contribution in [0, 0.1) is 10.1 Å². The van der Waals surface area contributed by atoms with E-state index in [4.69, 9.17) is 15.8 Å². The molecule has 0 saturated carbocycles. The van der Waals surface area contributed by atoms with E-state index in [0.717, 1.165) is 19.2 Å². The van der Waals surface area contributed by atoms with Gasteiger partial charge in [-0.3, -0.25) is 10.1 Å². The second kappa shape index (κ2) is 5.87. The van der Waals surface area contributed by atoms with Crippen molar-refractivity contribution >= 4 is 5.95 Å². The van der Waals surface area contributed by atoms with Crippen LogP contribution in [0.15, 0.2) is 12.3 Å². The molecule has 0 spiro atoms. The van der Waals surface area contributed by atoms with Gasteiger partial charge in [-0.25, -0.2) is 9.97 Å². The number of hydrogen-bond acceptors (Lipinski definition) is 5. The predicted octanol–water partition coefficient (Wildman–Crippen LogP) is 0.514. The smallest absolute Gasteiger partial charge is 0.220 e. The zero-order valence-electron chi connectivity index (χ0n) is 7.60. The molecule has 0 amide bonds. The fraction of sp³-hybridized carbons (Fsp3) is 0.429. The van der Waals surface area contributed by atoms with Gasteiger partial charge >= 0.3 is 0 Å². The van der Waals surface area contributed by atoms with Crippen molar-refractivity contribution in [3.05, 3.63) is 28.1 Å². The van der Waals surface area contributed by atoms with Gasteiger partial charge in [0, 0.05) is 16.8 Å². The number of nitrogen functional groups attached to an aromatic ring is 1. The van der Waals surface area contributed by atoms with Crippen LogP contribution < -0.4 is 5.73 Å². The Kier molecular flexibility index (Phi) is 5.09. The summed E-state index contributed by atoms with van der Waals surface area (Å²) in [4.78, 5) is 16.0. The molecule has 0 fully saturated rings. The summed E-state index contributed by atoms with van der Waals surface area (Å²) < 4.78 is 0. The Morgan fingerprint density at radius 2 is 2.23 bits per heavy atom. The first-order chi connectivity index (χ1) is 6.06. The summed E-state index contributed by atoms with van der Waals surface area (Å²) in [6.07, 6.45) is 2.58. The average molecular weight is 184 g/mol. The molecule has 0 aliphatic carbocycles. The minimum absolute atomic E-state index is 0.356. The number of rotatable bonds is 1. The Hall–Kier alpha value is -1.72. The molecule has 72 valence electrons. The van der Waals surface area contributed by atoms with E-state index in [-0.39, 0.29) is 0 Å². The second-order valence-corrected chi connectivity index (χ2v) is 2.20. The molecular weight excluding hydrogens is 172 g/mol. The maximum Gasteiger partial charge on any atom is 0.220 e. The molecular formula is C7H12N4O2. The zero-order chi connectivity index (χ0) is 10.3. The molecule has 0 radical (unpaired) electrons. The molecule has 1 rings (SSSR count). The van der Waals surface area contributed by atoms with E-state index in [1.807, 2.05) is 13.0 Å². The number of nitrogens with two attached hydrogens (primary N) is 1. The quantitative estimate of drug-likeness (QED) is 0.507. The third-order valence-electron chi connectivity index (χ3n) is 1.09. The van der Waals surface area contributed by atoms with Gasteiger partial charge in [0.15, 0.2) is 7.05 Å². The highest BCUT2D eigenvalue weighted by molar-refractivity contribution is 5.16. The van der Waals surface area contributed by atoms with Gasteiger partial charge in [-0.1, -0.05) is 6.92 Å². The van der Waals surface area contributed by atoms with Crippen LogP contribution in [-0.4, -0.2) is 21.9 Å². The second-order valence-electron chi connectivity index (χ2n) is 2.20. The third kappa shape index (κ3) is 6.67. The maximum absolute atomic E-state index is 8.81. The lowest BCUT2D eigenvalue weighted by Gasteiger charge is -1.93. The van der Waals surface area contributed by atoms with Gasteiger partial charge in [0.25, 0.3) is 0 Å². The third-order valence-corrected chi connectivity index (χ3v) is 1.09. The molecule has 0 aliphatic heterocycles. The standard InChI is InChI=1S/C6H9N3.CH3NO2/c1-2-5-3-4-8-6(7)9-5;1-2(3)4/h3-4H,2H2,1H3,(H2,7,8,9);1H3. The van der Waals surface area contributed by atoms with Crippen molar-refractivity contribution in [3.8, 4) is 0 Å². The van der Waals surface area contributed by atoms with Gasteiger partial charge in [-0.05, 0) is 12.5 Å². The lowest BCUT2D eigenvalue weighted by atomic mass is 10.3. The van der Waals surface area contributed by atoms with Crippen molar-refractivity contribution in [1.29, 1.82) is 0 Å². The molecule has 1 heterocycles. The predicted molar refractivity (Wildman–Crippen MR) is 48.7 cm³/mol.